The summed E-state index contributed by atoms with van der Waals surface area (Å²) in [5.74, 6) is 4.90. The number of rotatable bonds is 3. The number of aliphatic hydroxyl groups excluding tert-OH is 1. The highest BCUT2D eigenvalue weighted by molar-refractivity contribution is 7.89. The zero-order valence-corrected chi connectivity index (χ0v) is 12.5. The van der Waals surface area contributed by atoms with Gasteiger partial charge in [0.1, 0.15) is 11.5 Å². The zero-order valence-electron chi connectivity index (χ0n) is 10.9. The van der Waals surface area contributed by atoms with Crippen molar-refractivity contribution in [3.05, 3.63) is 28.8 Å². The molecule has 0 aliphatic carbocycles. The molecule has 3 N–H and O–H groups in total. The molecule has 0 bridgehead atoms. The molecule has 0 spiro atoms. The minimum absolute atomic E-state index is 0.0320. The first-order valence-corrected chi connectivity index (χ1v) is 7.97. The molecule has 1 aliphatic rings. The zero-order chi connectivity index (χ0) is 15.5. The number of sulfonamides is 1. The number of carbonyl (C=O) groups is 1. The van der Waals surface area contributed by atoms with Crippen molar-refractivity contribution in [2.75, 3.05) is 13.2 Å². The van der Waals surface area contributed by atoms with E-state index in [1.807, 2.05) is 0 Å². The van der Waals surface area contributed by atoms with Gasteiger partial charge in [-0.05, 0) is 18.2 Å². The minimum Gasteiger partial charge on any atom is -0.384 e. The van der Waals surface area contributed by atoms with Crippen molar-refractivity contribution >= 4 is 27.5 Å². The second-order valence-electron chi connectivity index (χ2n) is 4.43. The molecule has 1 aliphatic heterocycles. The van der Waals surface area contributed by atoms with Crippen LogP contribution in [-0.4, -0.2) is 38.6 Å². The van der Waals surface area contributed by atoms with E-state index < -0.39 is 16.1 Å². The third kappa shape index (κ3) is 3.95. The number of benzene rings is 1. The summed E-state index contributed by atoms with van der Waals surface area (Å²) in [7, 11) is -3.81. The van der Waals surface area contributed by atoms with Gasteiger partial charge in [0.2, 0.25) is 15.9 Å². The number of amides is 1. The predicted molar refractivity (Wildman–Crippen MR) is 77.2 cm³/mol. The summed E-state index contributed by atoms with van der Waals surface area (Å²) in [5.41, 5.74) is 0.505. The highest BCUT2D eigenvalue weighted by atomic mass is 35.5. The Labute approximate surface area is 127 Å². The lowest BCUT2D eigenvalue weighted by molar-refractivity contribution is -0.119. The van der Waals surface area contributed by atoms with E-state index in [-0.39, 0.29) is 35.4 Å². The van der Waals surface area contributed by atoms with Gasteiger partial charge in [0, 0.05) is 24.6 Å². The second kappa shape index (κ2) is 6.45. The Kier molecular flexibility index (Phi) is 4.85. The van der Waals surface area contributed by atoms with E-state index in [1.54, 1.807) is 0 Å². The van der Waals surface area contributed by atoms with Crippen LogP contribution < -0.4 is 10.0 Å². The Morgan fingerprint density at radius 1 is 1.48 bits per heavy atom. The van der Waals surface area contributed by atoms with Crippen LogP contribution in [0.25, 0.3) is 0 Å². The van der Waals surface area contributed by atoms with Crippen molar-refractivity contribution in [1.29, 1.82) is 0 Å². The van der Waals surface area contributed by atoms with Crippen molar-refractivity contribution < 1.29 is 18.3 Å². The standard InChI is InChI=1S/C13H13ClN2O4S/c14-11-6-9(2-1-5-17)3-4-12(11)21(19,20)16-10-7-13(18)15-8-10/h3-4,6,10,16-17H,5,7-8H2,(H,15,18). The molecule has 112 valence electrons. The fourth-order valence-electron chi connectivity index (χ4n) is 1.91. The number of halogens is 1. The Bertz CT molecular complexity index is 721. The van der Waals surface area contributed by atoms with E-state index >= 15 is 0 Å². The van der Waals surface area contributed by atoms with E-state index in [0.29, 0.717) is 5.56 Å². The third-order valence-electron chi connectivity index (χ3n) is 2.83. The van der Waals surface area contributed by atoms with E-state index in [9.17, 15) is 13.2 Å². The highest BCUT2D eigenvalue weighted by Gasteiger charge is 2.28. The van der Waals surface area contributed by atoms with Gasteiger partial charge in [-0.2, -0.15) is 0 Å². The molecule has 1 aromatic rings. The molecule has 0 saturated carbocycles. The van der Waals surface area contributed by atoms with Crippen molar-refractivity contribution in [2.45, 2.75) is 17.4 Å². The van der Waals surface area contributed by atoms with Crippen LogP contribution in [0, 0.1) is 11.8 Å². The van der Waals surface area contributed by atoms with Gasteiger partial charge in [-0.15, -0.1) is 0 Å². The molecule has 1 amide bonds. The lowest BCUT2D eigenvalue weighted by atomic mass is 10.2. The van der Waals surface area contributed by atoms with Crippen molar-refractivity contribution in [2.24, 2.45) is 0 Å². The van der Waals surface area contributed by atoms with Gasteiger partial charge in [0.15, 0.2) is 0 Å². The third-order valence-corrected chi connectivity index (χ3v) is 4.84. The first-order chi connectivity index (χ1) is 9.92. The molecule has 0 aromatic heterocycles. The number of nitrogens with one attached hydrogen (secondary N) is 2. The molecule has 2 rings (SSSR count). The normalized spacial score (nSPS) is 18.0. The maximum atomic E-state index is 12.2. The molecule has 8 heteroatoms. The fraction of sp³-hybridized carbons (Fsp3) is 0.308. The molecule has 6 nitrogen and oxygen atoms in total. The van der Waals surface area contributed by atoms with Crippen molar-refractivity contribution in [3.8, 4) is 11.8 Å². The molecule has 1 aromatic carbocycles. The van der Waals surface area contributed by atoms with Gasteiger partial charge in [-0.1, -0.05) is 23.4 Å². The maximum Gasteiger partial charge on any atom is 0.242 e. The average Bonchev–Trinajstić information content (AvgIpc) is 2.80. The van der Waals surface area contributed by atoms with Crippen LogP contribution in [0.4, 0.5) is 0 Å². The fourth-order valence-corrected chi connectivity index (χ4v) is 3.69. The van der Waals surface area contributed by atoms with E-state index in [1.165, 1.54) is 18.2 Å². The Morgan fingerprint density at radius 2 is 2.24 bits per heavy atom. The molecule has 1 saturated heterocycles. The molecular formula is C13H13ClN2O4S. The molecule has 1 fully saturated rings. The van der Waals surface area contributed by atoms with Gasteiger partial charge < -0.3 is 10.4 Å². The summed E-state index contributed by atoms with van der Waals surface area (Å²) in [6.07, 6.45) is 0.108. The Balaban J connectivity index is 2.22. The van der Waals surface area contributed by atoms with Crippen LogP contribution in [0.3, 0.4) is 0 Å². The van der Waals surface area contributed by atoms with Crippen LogP contribution in [0.1, 0.15) is 12.0 Å². The molecule has 21 heavy (non-hydrogen) atoms. The largest absolute Gasteiger partial charge is 0.384 e. The van der Waals surface area contributed by atoms with Gasteiger partial charge in [0.05, 0.1) is 5.02 Å². The smallest absolute Gasteiger partial charge is 0.242 e. The van der Waals surface area contributed by atoms with E-state index in [2.05, 4.69) is 21.9 Å². The van der Waals surface area contributed by atoms with Crippen LogP contribution in [0.2, 0.25) is 5.02 Å². The molecule has 1 heterocycles. The topological polar surface area (TPSA) is 95.5 Å². The number of aliphatic hydroxyl groups is 1. The second-order valence-corrected chi connectivity index (χ2v) is 6.52. The van der Waals surface area contributed by atoms with E-state index in [0.717, 1.165) is 0 Å². The molecule has 0 radical (unpaired) electrons. The summed E-state index contributed by atoms with van der Waals surface area (Å²) in [5, 5.41) is 11.2. The van der Waals surface area contributed by atoms with Crippen LogP contribution in [0.15, 0.2) is 23.1 Å². The summed E-state index contributed by atoms with van der Waals surface area (Å²) in [4.78, 5) is 11.0. The lowest BCUT2D eigenvalue weighted by Crippen LogP contribution is -2.36. The number of hydrogen-bond donors (Lipinski definition) is 3. The number of carbonyl (C=O) groups excluding carboxylic acids is 1. The van der Waals surface area contributed by atoms with Crippen LogP contribution in [0.5, 0.6) is 0 Å². The number of hydrogen-bond acceptors (Lipinski definition) is 4. The predicted octanol–water partition coefficient (Wildman–Crippen LogP) is -0.149. The summed E-state index contributed by atoms with van der Waals surface area (Å²) in [6.45, 7) is -0.0301. The van der Waals surface area contributed by atoms with Crippen LogP contribution >= 0.6 is 11.6 Å². The van der Waals surface area contributed by atoms with E-state index in [4.69, 9.17) is 16.7 Å². The molecular weight excluding hydrogens is 316 g/mol. The first-order valence-electron chi connectivity index (χ1n) is 6.10. The maximum absolute atomic E-state index is 12.2. The summed E-state index contributed by atoms with van der Waals surface area (Å²) < 4.78 is 26.9. The van der Waals surface area contributed by atoms with Crippen molar-refractivity contribution in [3.63, 3.8) is 0 Å². The Morgan fingerprint density at radius 3 is 2.81 bits per heavy atom. The average molecular weight is 329 g/mol. The molecule has 1 atom stereocenters. The van der Waals surface area contributed by atoms with Gasteiger partial charge in [-0.25, -0.2) is 13.1 Å². The van der Waals surface area contributed by atoms with Gasteiger partial charge >= 0.3 is 0 Å². The quantitative estimate of drug-likeness (QED) is 0.672. The first kappa shape index (κ1) is 15.8. The van der Waals surface area contributed by atoms with Gasteiger partial charge in [0.25, 0.3) is 0 Å². The summed E-state index contributed by atoms with van der Waals surface area (Å²) >= 11 is 5.97. The van der Waals surface area contributed by atoms with Crippen molar-refractivity contribution in [1.82, 2.24) is 10.0 Å². The minimum atomic E-state index is -3.81. The Hall–Kier alpha value is -1.59. The van der Waals surface area contributed by atoms with Gasteiger partial charge in [-0.3, -0.25) is 4.79 Å². The highest BCUT2D eigenvalue weighted by Crippen LogP contribution is 2.23. The summed E-state index contributed by atoms with van der Waals surface area (Å²) in [6, 6.07) is 3.78. The lowest BCUT2D eigenvalue weighted by Gasteiger charge is -2.12. The SMILES string of the molecule is O=C1CC(NS(=O)(=O)c2ccc(C#CCO)cc2Cl)CN1. The van der Waals surface area contributed by atoms with Crippen LogP contribution in [-0.2, 0) is 14.8 Å². The monoisotopic (exact) mass is 328 g/mol. The molecule has 1 unspecified atom stereocenters.